The van der Waals surface area contributed by atoms with Crippen LogP contribution in [0.25, 0.3) is 0 Å². The van der Waals surface area contributed by atoms with E-state index >= 15 is 0 Å². The van der Waals surface area contributed by atoms with Gasteiger partial charge in [0.2, 0.25) is 5.91 Å². The molecule has 0 spiro atoms. The van der Waals surface area contributed by atoms with Gasteiger partial charge in [-0.1, -0.05) is 12.1 Å². The van der Waals surface area contributed by atoms with Gasteiger partial charge in [0, 0.05) is 6.54 Å². The number of amides is 1. The Labute approximate surface area is 112 Å². The van der Waals surface area contributed by atoms with Crippen LogP contribution >= 0.6 is 0 Å². The number of methoxy groups -OCH3 is 2. The number of carbonyl (C=O) groups is 2. The molecule has 0 radical (unpaired) electrons. The molecule has 0 aliphatic heterocycles. The lowest BCUT2D eigenvalue weighted by molar-refractivity contribution is -0.143. The average molecular weight is 265 g/mol. The molecule has 0 aliphatic carbocycles. The van der Waals surface area contributed by atoms with E-state index < -0.39 is 5.97 Å². The van der Waals surface area contributed by atoms with Gasteiger partial charge in [-0.3, -0.25) is 9.59 Å². The highest BCUT2D eigenvalue weighted by molar-refractivity contribution is 5.94. The number of nitrogens with one attached hydrogen (secondary N) is 1. The molecule has 0 saturated heterocycles. The Hall–Kier alpha value is -2.04. The van der Waals surface area contributed by atoms with Crippen molar-refractivity contribution in [3.8, 4) is 5.75 Å². The summed E-state index contributed by atoms with van der Waals surface area (Å²) in [6.07, 6.45) is 0.468. The monoisotopic (exact) mass is 265 g/mol. The van der Waals surface area contributed by atoms with Crippen molar-refractivity contribution in [2.75, 3.05) is 20.8 Å². The molecule has 0 bridgehead atoms. The third-order valence-electron chi connectivity index (χ3n) is 2.73. The van der Waals surface area contributed by atoms with Gasteiger partial charge in [0.1, 0.15) is 12.2 Å². The Morgan fingerprint density at radius 2 is 2.00 bits per heavy atom. The molecule has 5 nitrogen and oxygen atoms in total. The summed E-state index contributed by atoms with van der Waals surface area (Å²) in [5, 5.41) is 2.67. The topological polar surface area (TPSA) is 64.6 Å². The Morgan fingerprint density at radius 1 is 1.26 bits per heavy atom. The van der Waals surface area contributed by atoms with Crippen molar-refractivity contribution in [1.82, 2.24) is 5.32 Å². The van der Waals surface area contributed by atoms with E-state index in [0.29, 0.717) is 13.0 Å². The summed E-state index contributed by atoms with van der Waals surface area (Å²) < 4.78 is 9.59. The first-order chi connectivity index (χ1) is 9.06. The first-order valence-electron chi connectivity index (χ1n) is 6.04. The Bertz CT molecular complexity index is 457. The summed E-state index contributed by atoms with van der Waals surface area (Å²) in [5.41, 5.74) is 2.16. The molecule has 0 unspecified atom stereocenters. The summed E-state index contributed by atoms with van der Waals surface area (Å²) in [7, 11) is 2.89. The zero-order chi connectivity index (χ0) is 14.3. The van der Waals surface area contributed by atoms with Crippen LogP contribution in [0.4, 0.5) is 0 Å². The summed E-state index contributed by atoms with van der Waals surface area (Å²) >= 11 is 0. The van der Waals surface area contributed by atoms with Gasteiger partial charge >= 0.3 is 5.97 Å². The Kier molecular flexibility index (Phi) is 5.85. The van der Waals surface area contributed by atoms with Crippen molar-refractivity contribution in [2.24, 2.45) is 0 Å². The maximum atomic E-state index is 11.3. The molecule has 1 rings (SSSR count). The van der Waals surface area contributed by atoms with Gasteiger partial charge in [0.15, 0.2) is 0 Å². The van der Waals surface area contributed by atoms with E-state index in [-0.39, 0.29) is 12.3 Å². The van der Waals surface area contributed by atoms with Gasteiger partial charge in [-0.2, -0.15) is 0 Å². The van der Waals surface area contributed by atoms with E-state index in [1.807, 2.05) is 25.1 Å². The molecular formula is C14H19NO4. The number of hydrogen-bond acceptors (Lipinski definition) is 4. The summed E-state index contributed by atoms with van der Waals surface area (Å²) in [6, 6.07) is 5.88. The van der Waals surface area contributed by atoms with Gasteiger partial charge in [-0.15, -0.1) is 0 Å². The van der Waals surface area contributed by atoms with Crippen LogP contribution in [0.5, 0.6) is 5.75 Å². The minimum absolute atomic E-state index is 0.238. The first kappa shape index (κ1) is 15.0. The lowest BCUT2D eigenvalue weighted by atomic mass is 10.1. The molecule has 0 aromatic heterocycles. The van der Waals surface area contributed by atoms with Crippen molar-refractivity contribution in [3.63, 3.8) is 0 Å². The molecule has 0 aliphatic rings. The minimum atomic E-state index is -0.530. The smallest absolute Gasteiger partial charge is 0.315 e. The van der Waals surface area contributed by atoms with Crippen molar-refractivity contribution in [1.29, 1.82) is 0 Å². The Balaban J connectivity index is 2.39. The van der Waals surface area contributed by atoms with Crippen LogP contribution in [-0.4, -0.2) is 32.6 Å². The zero-order valence-electron chi connectivity index (χ0n) is 11.5. The molecule has 0 fully saturated rings. The quantitative estimate of drug-likeness (QED) is 0.620. The molecule has 1 aromatic carbocycles. The van der Waals surface area contributed by atoms with E-state index in [1.54, 1.807) is 7.11 Å². The van der Waals surface area contributed by atoms with Crippen LogP contribution in [0.1, 0.15) is 17.5 Å². The lowest BCUT2D eigenvalue weighted by Gasteiger charge is -2.08. The van der Waals surface area contributed by atoms with Crippen LogP contribution in [0, 0.1) is 6.92 Å². The second-order valence-corrected chi connectivity index (χ2v) is 4.16. The fourth-order valence-corrected chi connectivity index (χ4v) is 1.71. The molecule has 1 aromatic rings. The van der Waals surface area contributed by atoms with E-state index in [1.165, 1.54) is 7.11 Å². The van der Waals surface area contributed by atoms with Gasteiger partial charge < -0.3 is 14.8 Å². The normalized spacial score (nSPS) is 9.84. The maximum Gasteiger partial charge on any atom is 0.315 e. The van der Waals surface area contributed by atoms with E-state index in [0.717, 1.165) is 16.9 Å². The van der Waals surface area contributed by atoms with Crippen LogP contribution in [0.15, 0.2) is 18.2 Å². The second-order valence-electron chi connectivity index (χ2n) is 4.16. The van der Waals surface area contributed by atoms with Crippen LogP contribution in [0.2, 0.25) is 0 Å². The highest BCUT2D eigenvalue weighted by Crippen LogP contribution is 2.18. The molecule has 0 atom stereocenters. The summed E-state index contributed by atoms with van der Waals surface area (Å²) in [5.74, 6) is -0.00616. The van der Waals surface area contributed by atoms with Crippen LogP contribution in [-0.2, 0) is 20.7 Å². The predicted octanol–water partition coefficient (Wildman–Crippen LogP) is 1.23. The maximum absolute atomic E-state index is 11.3. The molecule has 1 N–H and O–H groups in total. The SMILES string of the molecule is COC(=O)CC(=O)NCCc1ccc(OC)c(C)c1. The van der Waals surface area contributed by atoms with Crippen molar-refractivity contribution in [2.45, 2.75) is 19.8 Å². The van der Waals surface area contributed by atoms with Gasteiger partial charge in [0.05, 0.1) is 14.2 Å². The highest BCUT2D eigenvalue weighted by Gasteiger charge is 2.08. The van der Waals surface area contributed by atoms with Crippen LogP contribution in [0.3, 0.4) is 0 Å². The van der Waals surface area contributed by atoms with Gasteiger partial charge in [-0.25, -0.2) is 0 Å². The first-order valence-corrected chi connectivity index (χ1v) is 6.04. The Morgan fingerprint density at radius 3 is 2.58 bits per heavy atom. The van der Waals surface area contributed by atoms with Gasteiger partial charge in [0.25, 0.3) is 0 Å². The highest BCUT2D eigenvalue weighted by atomic mass is 16.5. The third kappa shape index (κ3) is 4.99. The minimum Gasteiger partial charge on any atom is -0.496 e. The van der Waals surface area contributed by atoms with Crippen molar-refractivity contribution >= 4 is 11.9 Å². The molecular weight excluding hydrogens is 246 g/mol. The molecule has 0 heterocycles. The number of carbonyl (C=O) groups excluding carboxylic acids is 2. The summed E-state index contributed by atoms with van der Waals surface area (Å²) in [6.45, 7) is 2.46. The predicted molar refractivity (Wildman–Crippen MR) is 71.1 cm³/mol. The number of ether oxygens (including phenoxy) is 2. The molecule has 1 amide bonds. The fraction of sp³-hybridized carbons (Fsp3) is 0.429. The van der Waals surface area contributed by atoms with E-state index in [2.05, 4.69) is 10.1 Å². The molecule has 5 heteroatoms. The van der Waals surface area contributed by atoms with E-state index in [9.17, 15) is 9.59 Å². The van der Waals surface area contributed by atoms with Crippen LogP contribution < -0.4 is 10.1 Å². The van der Waals surface area contributed by atoms with Crippen molar-refractivity contribution in [3.05, 3.63) is 29.3 Å². The van der Waals surface area contributed by atoms with E-state index in [4.69, 9.17) is 4.74 Å². The second kappa shape index (κ2) is 7.41. The largest absolute Gasteiger partial charge is 0.496 e. The fourth-order valence-electron chi connectivity index (χ4n) is 1.71. The number of aryl methyl sites for hydroxylation is 1. The van der Waals surface area contributed by atoms with Crippen molar-refractivity contribution < 1.29 is 19.1 Å². The summed E-state index contributed by atoms with van der Waals surface area (Å²) in [4.78, 5) is 22.2. The third-order valence-corrected chi connectivity index (χ3v) is 2.73. The number of benzene rings is 1. The lowest BCUT2D eigenvalue weighted by Crippen LogP contribution is -2.28. The standard InChI is InChI=1S/C14H19NO4/c1-10-8-11(4-5-12(10)18-2)6-7-15-13(16)9-14(17)19-3/h4-5,8H,6-7,9H2,1-3H3,(H,15,16). The zero-order valence-corrected chi connectivity index (χ0v) is 11.5. The molecule has 0 saturated carbocycles. The number of hydrogen-bond donors (Lipinski definition) is 1. The number of esters is 1. The molecule has 19 heavy (non-hydrogen) atoms. The number of rotatable bonds is 6. The average Bonchev–Trinajstić information content (AvgIpc) is 2.38. The van der Waals surface area contributed by atoms with Gasteiger partial charge in [-0.05, 0) is 30.5 Å². The molecule has 104 valence electrons.